The predicted octanol–water partition coefficient (Wildman–Crippen LogP) is 4.56. The molecule has 0 saturated heterocycles. The number of carbonyl (C=O) groups is 1. The van der Waals surface area contributed by atoms with Gasteiger partial charge in [-0.05, 0) is 23.5 Å². The van der Waals surface area contributed by atoms with E-state index < -0.39 is 0 Å². The first-order valence-electron chi connectivity index (χ1n) is 7.68. The standard InChI is InChI=1S/C17H24BrNO/c18-12-15-6-8-16(9-7-15)13-19-17(20)11-10-14-4-2-1-3-5-14/h6-9,14H,1-5,10-13H2,(H,19,20). The Morgan fingerprint density at radius 2 is 1.75 bits per heavy atom. The van der Waals surface area contributed by atoms with Gasteiger partial charge in [0.05, 0.1) is 0 Å². The average Bonchev–Trinajstić information content (AvgIpc) is 2.52. The van der Waals surface area contributed by atoms with Crippen LogP contribution in [0.2, 0.25) is 0 Å². The van der Waals surface area contributed by atoms with Crippen molar-refractivity contribution in [2.24, 2.45) is 5.92 Å². The molecule has 0 spiro atoms. The lowest BCUT2D eigenvalue weighted by molar-refractivity contribution is -0.121. The Kier molecular flexibility index (Phi) is 6.58. The van der Waals surface area contributed by atoms with Crippen molar-refractivity contribution in [3.8, 4) is 0 Å². The van der Waals surface area contributed by atoms with E-state index in [1.165, 1.54) is 43.2 Å². The van der Waals surface area contributed by atoms with Crippen LogP contribution in [0.3, 0.4) is 0 Å². The number of carbonyl (C=O) groups excluding carboxylic acids is 1. The molecule has 0 unspecified atom stereocenters. The van der Waals surface area contributed by atoms with Crippen LogP contribution in [-0.4, -0.2) is 5.91 Å². The Hall–Kier alpha value is -0.830. The molecule has 2 rings (SSSR count). The summed E-state index contributed by atoms with van der Waals surface area (Å²) in [7, 11) is 0. The van der Waals surface area contributed by atoms with Crippen molar-refractivity contribution in [2.45, 2.75) is 56.8 Å². The van der Waals surface area contributed by atoms with E-state index in [0.29, 0.717) is 13.0 Å². The van der Waals surface area contributed by atoms with Gasteiger partial charge in [0.1, 0.15) is 0 Å². The Labute approximate surface area is 130 Å². The minimum absolute atomic E-state index is 0.195. The summed E-state index contributed by atoms with van der Waals surface area (Å²) in [4.78, 5) is 11.9. The van der Waals surface area contributed by atoms with Gasteiger partial charge >= 0.3 is 0 Å². The number of rotatable bonds is 6. The summed E-state index contributed by atoms with van der Waals surface area (Å²) in [5.74, 6) is 0.979. The van der Waals surface area contributed by atoms with Gasteiger partial charge < -0.3 is 5.32 Å². The molecule has 1 aromatic carbocycles. The summed E-state index contributed by atoms with van der Waals surface area (Å²) in [5.41, 5.74) is 2.43. The van der Waals surface area contributed by atoms with Crippen LogP contribution in [-0.2, 0) is 16.7 Å². The average molecular weight is 338 g/mol. The van der Waals surface area contributed by atoms with Gasteiger partial charge in [-0.25, -0.2) is 0 Å². The Bertz CT molecular complexity index is 410. The van der Waals surface area contributed by atoms with Crippen LogP contribution in [0.4, 0.5) is 0 Å². The molecule has 0 radical (unpaired) electrons. The monoisotopic (exact) mass is 337 g/mol. The maximum absolute atomic E-state index is 11.9. The Morgan fingerprint density at radius 3 is 2.40 bits per heavy atom. The quantitative estimate of drug-likeness (QED) is 0.757. The number of hydrogen-bond donors (Lipinski definition) is 1. The zero-order valence-electron chi connectivity index (χ0n) is 12.0. The summed E-state index contributed by atoms with van der Waals surface area (Å²) in [5, 5.41) is 3.90. The molecule has 1 aromatic rings. The normalized spacial score (nSPS) is 16.1. The molecule has 1 saturated carbocycles. The van der Waals surface area contributed by atoms with Gasteiger partial charge in [-0.15, -0.1) is 0 Å². The zero-order chi connectivity index (χ0) is 14.2. The molecule has 2 nitrogen and oxygen atoms in total. The molecule has 1 aliphatic carbocycles. The van der Waals surface area contributed by atoms with E-state index in [1.807, 2.05) is 0 Å². The molecule has 1 aliphatic rings. The number of benzene rings is 1. The van der Waals surface area contributed by atoms with E-state index in [9.17, 15) is 4.79 Å². The van der Waals surface area contributed by atoms with Gasteiger partial charge in [0, 0.05) is 18.3 Å². The number of halogens is 1. The van der Waals surface area contributed by atoms with E-state index in [1.54, 1.807) is 0 Å². The van der Waals surface area contributed by atoms with Crippen molar-refractivity contribution in [3.63, 3.8) is 0 Å². The van der Waals surface area contributed by atoms with Crippen LogP contribution in [0.5, 0.6) is 0 Å². The summed E-state index contributed by atoms with van der Waals surface area (Å²) >= 11 is 3.43. The summed E-state index contributed by atoms with van der Waals surface area (Å²) in [6.07, 6.45) is 8.48. The van der Waals surface area contributed by atoms with E-state index in [-0.39, 0.29) is 5.91 Å². The molecule has 110 valence electrons. The van der Waals surface area contributed by atoms with E-state index in [0.717, 1.165) is 17.7 Å². The summed E-state index contributed by atoms with van der Waals surface area (Å²) < 4.78 is 0. The van der Waals surface area contributed by atoms with Crippen LogP contribution in [0.1, 0.15) is 56.1 Å². The van der Waals surface area contributed by atoms with Gasteiger partial charge in [0.15, 0.2) is 0 Å². The maximum atomic E-state index is 11.9. The molecular weight excluding hydrogens is 314 g/mol. The molecule has 1 amide bonds. The third-order valence-corrected chi connectivity index (χ3v) is 4.82. The first-order valence-corrected chi connectivity index (χ1v) is 8.80. The van der Waals surface area contributed by atoms with Crippen molar-refractivity contribution in [3.05, 3.63) is 35.4 Å². The van der Waals surface area contributed by atoms with Crippen LogP contribution in [0, 0.1) is 5.92 Å². The van der Waals surface area contributed by atoms with Crippen molar-refractivity contribution in [1.82, 2.24) is 5.32 Å². The summed E-state index contributed by atoms with van der Waals surface area (Å²) in [6, 6.07) is 8.35. The molecule has 0 atom stereocenters. The van der Waals surface area contributed by atoms with Gasteiger partial charge in [-0.2, -0.15) is 0 Å². The minimum atomic E-state index is 0.195. The SMILES string of the molecule is O=C(CCC1CCCCC1)NCc1ccc(CBr)cc1. The molecule has 20 heavy (non-hydrogen) atoms. The molecule has 3 heteroatoms. The van der Waals surface area contributed by atoms with Crippen molar-refractivity contribution >= 4 is 21.8 Å². The highest BCUT2D eigenvalue weighted by atomic mass is 79.9. The topological polar surface area (TPSA) is 29.1 Å². The predicted molar refractivity (Wildman–Crippen MR) is 86.7 cm³/mol. The molecule has 1 fully saturated rings. The maximum Gasteiger partial charge on any atom is 0.220 e. The highest BCUT2D eigenvalue weighted by molar-refractivity contribution is 9.08. The number of nitrogens with one attached hydrogen (secondary N) is 1. The van der Waals surface area contributed by atoms with Crippen molar-refractivity contribution in [1.29, 1.82) is 0 Å². The molecule has 1 N–H and O–H groups in total. The first-order chi connectivity index (χ1) is 9.78. The fraction of sp³-hybridized carbons (Fsp3) is 0.588. The lowest BCUT2D eigenvalue weighted by Crippen LogP contribution is -2.23. The summed E-state index contributed by atoms with van der Waals surface area (Å²) in [6.45, 7) is 0.645. The molecule has 0 heterocycles. The molecular formula is C17H24BrNO. The molecule has 0 bridgehead atoms. The van der Waals surface area contributed by atoms with Gasteiger partial charge in [0.25, 0.3) is 0 Å². The van der Waals surface area contributed by atoms with Crippen molar-refractivity contribution < 1.29 is 4.79 Å². The van der Waals surface area contributed by atoms with Crippen LogP contribution in [0.15, 0.2) is 24.3 Å². The van der Waals surface area contributed by atoms with Gasteiger partial charge in [-0.1, -0.05) is 72.3 Å². The molecule has 0 aliphatic heterocycles. The third-order valence-electron chi connectivity index (χ3n) is 4.17. The fourth-order valence-corrected chi connectivity index (χ4v) is 3.22. The lowest BCUT2D eigenvalue weighted by atomic mass is 9.86. The zero-order valence-corrected chi connectivity index (χ0v) is 13.6. The molecule has 0 aromatic heterocycles. The number of hydrogen-bond acceptors (Lipinski definition) is 1. The third kappa shape index (κ3) is 5.28. The Balaban J connectivity index is 1.66. The minimum Gasteiger partial charge on any atom is -0.352 e. The largest absolute Gasteiger partial charge is 0.352 e. The van der Waals surface area contributed by atoms with Gasteiger partial charge in [-0.3, -0.25) is 4.79 Å². The highest BCUT2D eigenvalue weighted by Crippen LogP contribution is 2.27. The van der Waals surface area contributed by atoms with Crippen molar-refractivity contribution in [2.75, 3.05) is 0 Å². The number of alkyl halides is 1. The fourth-order valence-electron chi connectivity index (χ4n) is 2.85. The van der Waals surface area contributed by atoms with E-state index >= 15 is 0 Å². The second-order valence-corrected chi connectivity index (χ2v) is 6.33. The van der Waals surface area contributed by atoms with Crippen LogP contribution in [0.25, 0.3) is 0 Å². The van der Waals surface area contributed by atoms with Gasteiger partial charge in [0.2, 0.25) is 5.91 Å². The van der Waals surface area contributed by atoms with Crippen LogP contribution < -0.4 is 5.32 Å². The smallest absolute Gasteiger partial charge is 0.220 e. The lowest BCUT2D eigenvalue weighted by Gasteiger charge is -2.21. The van der Waals surface area contributed by atoms with E-state index in [2.05, 4.69) is 45.5 Å². The highest BCUT2D eigenvalue weighted by Gasteiger charge is 2.14. The number of amides is 1. The first kappa shape index (κ1) is 15.6. The second-order valence-electron chi connectivity index (χ2n) is 5.77. The van der Waals surface area contributed by atoms with E-state index in [4.69, 9.17) is 0 Å². The second kappa shape index (κ2) is 8.46. The van der Waals surface area contributed by atoms with Crippen LogP contribution >= 0.6 is 15.9 Å². The Morgan fingerprint density at radius 1 is 1.10 bits per heavy atom.